The number of morpholine rings is 1. The van der Waals surface area contributed by atoms with E-state index in [1.807, 2.05) is 24.3 Å². The van der Waals surface area contributed by atoms with Gasteiger partial charge in [0.15, 0.2) is 0 Å². The number of ether oxygens (including phenoxy) is 1. The Balaban J connectivity index is 1.40. The highest BCUT2D eigenvalue weighted by Gasteiger charge is 2.12. The quantitative estimate of drug-likeness (QED) is 0.455. The maximum atomic E-state index is 12.5. The van der Waals surface area contributed by atoms with Crippen molar-refractivity contribution >= 4 is 12.1 Å². The van der Waals surface area contributed by atoms with Gasteiger partial charge >= 0.3 is 0 Å². The first kappa shape index (κ1) is 23.0. The van der Waals surface area contributed by atoms with Crippen LogP contribution in [0, 0.1) is 27.7 Å². The van der Waals surface area contributed by atoms with Crippen LogP contribution in [-0.2, 0) is 11.3 Å². The third kappa shape index (κ3) is 5.59. The average Bonchev–Trinajstić information content (AvgIpc) is 3.07. The summed E-state index contributed by atoms with van der Waals surface area (Å²) in [5.41, 5.74) is 11.2. The van der Waals surface area contributed by atoms with E-state index in [0.29, 0.717) is 5.56 Å². The van der Waals surface area contributed by atoms with E-state index in [-0.39, 0.29) is 5.91 Å². The van der Waals surface area contributed by atoms with Gasteiger partial charge in [-0.1, -0.05) is 18.2 Å². The highest BCUT2D eigenvalue weighted by atomic mass is 16.5. The fourth-order valence-electron chi connectivity index (χ4n) is 4.40. The number of amides is 1. The van der Waals surface area contributed by atoms with Crippen LogP contribution in [0.25, 0.3) is 5.69 Å². The Labute approximate surface area is 195 Å². The molecule has 2 aromatic carbocycles. The Kier molecular flexibility index (Phi) is 7.06. The zero-order chi connectivity index (χ0) is 23.4. The van der Waals surface area contributed by atoms with Crippen LogP contribution >= 0.6 is 0 Å². The Hall–Kier alpha value is -3.22. The molecule has 1 amide bonds. The van der Waals surface area contributed by atoms with Crippen LogP contribution in [0.5, 0.6) is 0 Å². The fraction of sp³-hybridized carbons (Fsp3) is 0.333. The van der Waals surface area contributed by atoms with E-state index in [1.165, 1.54) is 16.7 Å². The van der Waals surface area contributed by atoms with Crippen LogP contribution in [0.15, 0.2) is 53.6 Å². The number of hydrogen-bond acceptors (Lipinski definition) is 4. The normalized spacial score (nSPS) is 14.7. The first-order valence-corrected chi connectivity index (χ1v) is 11.4. The van der Waals surface area contributed by atoms with Crippen LogP contribution in [-0.4, -0.2) is 47.9 Å². The molecule has 1 aliphatic rings. The molecule has 33 heavy (non-hydrogen) atoms. The molecule has 0 aliphatic carbocycles. The molecule has 0 saturated carbocycles. The molecule has 0 spiro atoms. The lowest BCUT2D eigenvalue weighted by molar-refractivity contribution is 0.0342. The van der Waals surface area contributed by atoms with Crippen molar-refractivity contribution in [2.45, 2.75) is 34.2 Å². The van der Waals surface area contributed by atoms with Crippen LogP contribution in [0.1, 0.15) is 44.0 Å². The third-order valence-electron chi connectivity index (χ3n) is 6.03. The predicted molar refractivity (Wildman–Crippen MR) is 132 cm³/mol. The zero-order valence-electron chi connectivity index (χ0n) is 19.9. The molecule has 6 nitrogen and oxygen atoms in total. The first-order chi connectivity index (χ1) is 15.9. The number of aryl methyl sites for hydroxylation is 3. The molecule has 1 saturated heterocycles. The van der Waals surface area contributed by atoms with Crippen molar-refractivity contribution < 1.29 is 9.53 Å². The van der Waals surface area contributed by atoms with Crippen LogP contribution in [0.2, 0.25) is 0 Å². The topological polar surface area (TPSA) is 58.9 Å². The number of carbonyl (C=O) groups excluding carboxylic acids is 1. The van der Waals surface area contributed by atoms with E-state index in [0.717, 1.165) is 55.5 Å². The Morgan fingerprint density at radius 3 is 2.33 bits per heavy atom. The predicted octanol–water partition coefficient (Wildman–Crippen LogP) is 4.31. The lowest BCUT2D eigenvalue weighted by Crippen LogP contribution is -2.35. The molecule has 1 N–H and O–H groups in total. The van der Waals surface area contributed by atoms with Gasteiger partial charge in [0.05, 0.1) is 19.4 Å². The summed E-state index contributed by atoms with van der Waals surface area (Å²) in [4.78, 5) is 14.9. The van der Waals surface area contributed by atoms with Crippen molar-refractivity contribution in [3.8, 4) is 5.69 Å². The van der Waals surface area contributed by atoms with E-state index < -0.39 is 0 Å². The summed E-state index contributed by atoms with van der Waals surface area (Å²) in [5, 5.41) is 4.22. The number of benzene rings is 2. The summed E-state index contributed by atoms with van der Waals surface area (Å²) in [5.74, 6) is -0.215. The summed E-state index contributed by atoms with van der Waals surface area (Å²) in [6.07, 6.45) is 1.71. The molecule has 3 aromatic rings. The Morgan fingerprint density at radius 1 is 1.00 bits per heavy atom. The van der Waals surface area contributed by atoms with Gasteiger partial charge in [-0.25, -0.2) is 5.43 Å². The molecule has 0 atom stereocenters. The van der Waals surface area contributed by atoms with Gasteiger partial charge in [0.1, 0.15) is 0 Å². The first-order valence-electron chi connectivity index (χ1n) is 11.4. The van der Waals surface area contributed by atoms with E-state index in [9.17, 15) is 4.79 Å². The molecule has 172 valence electrons. The molecule has 0 radical (unpaired) electrons. The van der Waals surface area contributed by atoms with Crippen molar-refractivity contribution in [1.82, 2.24) is 14.9 Å². The lowest BCUT2D eigenvalue weighted by atomic mass is 10.1. The van der Waals surface area contributed by atoms with Gasteiger partial charge in [0.25, 0.3) is 5.91 Å². The second-order valence-corrected chi connectivity index (χ2v) is 8.79. The number of aromatic nitrogens is 1. The van der Waals surface area contributed by atoms with Crippen LogP contribution in [0.3, 0.4) is 0 Å². The van der Waals surface area contributed by atoms with Crippen LogP contribution < -0.4 is 5.43 Å². The third-order valence-corrected chi connectivity index (χ3v) is 6.03. The molecule has 1 aromatic heterocycles. The zero-order valence-corrected chi connectivity index (χ0v) is 19.9. The van der Waals surface area contributed by atoms with Gasteiger partial charge in [-0.05, 0) is 74.7 Å². The number of rotatable bonds is 6. The van der Waals surface area contributed by atoms with Gasteiger partial charge in [-0.3, -0.25) is 9.69 Å². The molecule has 1 aliphatic heterocycles. The molecule has 2 heterocycles. The molecular weight excluding hydrogens is 412 g/mol. The summed E-state index contributed by atoms with van der Waals surface area (Å²) >= 11 is 0. The van der Waals surface area contributed by atoms with Gasteiger partial charge in [0, 0.05) is 47.8 Å². The minimum absolute atomic E-state index is 0.215. The van der Waals surface area contributed by atoms with Crippen molar-refractivity contribution in [2.75, 3.05) is 26.3 Å². The molecule has 0 bridgehead atoms. The minimum atomic E-state index is -0.215. The minimum Gasteiger partial charge on any atom is -0.379 e. The number of hydrogen-bond donors (Lipinski definition) is 1. The van der Waals surface area contributed by atoms with E-state index in [4.69, 9.17) is 4.74 Å². The molecular formula is C27H32N4O2. The van der Waals surface area contributed by atoms with Gasteiger partial charge < -0.3 is 9.30 Å². The van der Waals surface area contributed by atoms with E-state index in [2.05, 4.69) is 72.0 Å². The maximum Gasteiger partial charge on any atom is 0.271 e. The molecule has 6 heteroatoms. The molecule has 1 fully saturated rings. The fourth-order valence-corrected chi connectivity index (χ4v) is 4.40. The molecule has 4 rings (SSSR count). The largest absolute Gasteiger partial charge is 0.379 e. The Morgan fingerprint density at radius 2 is 1.67 bits per heavy atom. The number of hydrazone groups is 1. The van der Waals surface area contributed by atoms with E-state index in [1.54, 1.807) is 6.21 Å². The van der Waals surface area contributed by atoms with Crippen molar-refractivity contribution in [3.63, 3.8) is 0 Å². The average molecular weight is 445 g/mol. The van der Waals surface area contributed by atoms with Gasteiger partial charge in [0.2, 0.25) is 0 Å². The highest BCUT2D eigenvalue weighted by molar-refractivity contribution is 5.95. The monoisotopic (exact) mass is 444 g/mol. The van der Waals surface area contributed by atoms with E-state index >= 15 is 0 Å². The van der Waals surface area contributed by atoms with Crippen molar-refractivity contribution in [1.29, 1.82) is 0 Å². The number of carbonyl (C=O) groups is 1. The number of nitrogens with zero attached hydrogens (tertiary/aromatic N) is 3. The summed E-state index contributed by atoms with van der Waals surface area (Å²) < 4.78 is 7.61. The van der Waals surface area contributed by atoms with Crippen LogP contribution in [0.4, 0.5) is 0 Å². The van der Waals surface area contributed by atoms with Crippen molar-refractivity contribution in [3.05, 3.63) is 87.7 Å². The smallest absolute Gasteiger partial charge is 0.271 e. The summed E-state index contributed by atoms with van der Waals surface area (Å²) in [6, 6.07) is 16.3. The van der Waals surface area contributed by atoms with Gasteiger partial charge in [-0.15, -0.1) is 0 Å². The second-order valence-electron chi connectivity index (χ2n) is 8.79. The summed E-state index contributed by atoms with van der Waals surface area (Å²) in [6.45, 7) is 12.7. The van der Waals surface area contributed by atoms with Gasteiger partial charge in [-0.2, -0.15) is 5.10 Å². The summed E-state index contributed by atoms with van der Waals surface area (Å²) in [7, 11) is 0. The Bertz CT molecular complexity index is 1140. The highest BCUT2D eigenvalue weighted by Crippen LogP contribution is 2.22. The van der Waals surface area contributed by atoms with Crippen molar-refractivity contribution in [2.24, 2.45) is 5.10 Å². The SMILES string of the molecule is Cc1cc(C)cc(-n2c(C)cc(/C=N/NC(=O)c3ccc(CN4CCOCC4)cc3)c2C)c1. The second kappa shape index (κ2) is 10.1. The maximum absolute atomic E-state index is 12.5. The molecule has 0 unspecified atom stereocenters. The number of nitrogens with one attached hydrogen (secondary N) is 1. The standard InChI is InChI=1S/C27H32N4O2/c1-19-13-20(2)15-26(14-19)31-21(3)16-25(22(31)4)17-28-29-27(32)24-7-5-23(6-8-24)18-30-9-11-33-12-10-30/h5-8,13-17H,9-12,18H2,1-4H3,(H,29,32)/b28-17+. The lowest BCUT2D eigenvalue weighted by Gasteiger charge is -2.26.